The molecule has 1 aromatic rings. The number of rotatable bonds is 4. The average Bonchev–Trinajstić information content (AvgIpc) is 2.75. The number of thiophene rings is 1. The monoisotopic (exact) mass is 332 g/mol. The molecule has 0 saturated carbocycles. The van der Waals surface area contributed by atoms with Gasteiger partial charge in [-0.2, -0.15) is 0 Å². The summed E-state index contributed by atoms with van der Waals surface area (Å²) in [5.41, 5.74) is 6.16. The van der Waals surface area contributed by atoms with Gasteiger partial charge in [-0.3, -0.25) is 4.90 Å². The minimum Gasteiger partial charge on any atom is -0.381 e. The van der Waals surface area contributed by atoms with E-state index in [0.717, 1.165) is 30.7 Å². The maximum absolute atomic E-state index is 6.09. The Morgan fingerprint density at radius 3 is 3.00 bits per heavy atom. The van der Waals surface area contributed by atoms with E-state index in [-0.39, 0.29) is 5.54 Å². The molecule has 3 nitrogen and oxygen atoms in total. The van der Waals surface area contributed by atoms with Crippen molar-refractivity contribution in [3.05, 3.63) is 20.8 Å². The summed E-state index contributed by atoms with van der Waals surface area (Å²) in [5.74, 6) is 0.477. The molecule has 1 aliphatic heterocycles. The topological polar surface area (TPSA) is 38.5 Å². The number of nitrogens with zero attached hydrogens (tertiary/aromatic N) is 1. The van der Waals surface area contributed by atoms with Crippen LogP contribution in [0.2, 0.25) is 0 Å². The van der Waals surface area contributed by atoms with Gasteiger partial charge in [0.15, 0.2) is 0 Å². The third kappa shape index (κ3) is 2.80. The first-order chi connectivity index (χ1) is 8.58. The third-order valence-electron chi connectivity index (χ3n) is 4.09. The molecule has 2 rings (SSSR count). The molecule has 0 aliphatic carbocycles. The molecule has 2 N–H and O–H groups in total. The quantitative estimate of drug-likeness (QED) is 0.921. The van der Waals surface area contributed by atoms with Crippen molar-refractivity contribution in [2.75, 3.05) is 26.8 Å². The fourth-order valence-electron chi connectivity index (χ4n) is 2.76. The van der Waals surface area contributed by atoms with Gasteiger partial charge >= 0.3 is 0 Å². The van der Waals surface area contributed by atoms with Crippen LogP contribution in [-0.2, 0) is 11.3 Å². The van der Waals surface area contributed by atoms with Gasteiger partial charge in [-0.05, 0) is 41.4 Å². The SMILES string of the molecule is CC1COCCC1(CN)N(C)Cc1cc(Br)cs1. The predicted molar refractivity (Wildman–Crippen MR) is 79.9 cm³/mol. The predicted octanol–water partition coefficient (Wildman–Crippen LogP) is 2.70. The molecule has 0 radical (unpaired) electrons. The van der Waals surface area contributed by atoms with Crippen LogP contribution in [0.15, 0.2) is 15.9 Å². The van der Waals surface area contributed by atoms with Crippen molar-refractivity contribution in [2.45, 2.75) is 25.4 Å². The Hall–Kier alpha value is 0.0600. The molecule has 0 amide bonds. The van der Waals surface area contributed by atoms with Gasteiger partial charge in [0.2, 0.25) is 0 Å². The second-order valence-corrected chi connectivity index (χ2v) is 7.03. The van der Waals surface area contributed by atoms with Crippen LogP contribution in [0.5, 0.6) is 0 Å². The number of likely N-dealkylation sites (N-methyl/N-ethyl adjacent to an activating group) is 1. The van der Waals surface area contributed by atoms with Crippen LogP contribution in [0.3, 0.4) is 0 Å². The first-order valence-electron chi connectivity index (χ1n) is 6.30. The molecular weight excluding hydrogens is 312 g/mol. The van der Waals surface area contributed by atoms with Crippen LogP contribution in [0.1, 0.15) is 18.2 Å². The minimum absolute atomic E-state index is 0.0781. The van der Waals surface area contributed by atoms with Gasteiger partial charge in [0.05, 0.1) is 6.61 Å². The largest absolute Gasteiger partial charge is 0.381 e. The van der Waals surface area contributed by atoms with Gasteiger partial charge < -0.3 is 10.5 Å². The lowest BCUT2D eigenvalue weighted by Gasteiger charge is -2.48. The van der Waals surface area contributed by atoms with Crippen LogP contribution in [0.4, 0.5) is 0 Å². The highest BCUT2D eigenvalue weighted by Gasteiger charge is 2.41. The number of halogens is 1. The van der Waals surface area contributed by atoms with Gasteiger partial charge in [0.1, 0.15) is 0 Å². The summed E-state index contributed by atoms with van der Waals surface area (Å²) in [6, 6.07) is 2.19. The Morgan fingerprint density at radius 1 is 1.67 bits per heavy atom. The summed E-state index contributed by atoms with van der Waals surface area (Å²) in [7, 11) is 2.18. The molecular formula is C13H21BrN2OS. The summed E-state index contributed by atoms with van der Waals surface area (Å²) in [5, 5.41) is 2.13. The van der Waals surface area contributed by atoms with Gasteiger partial charge in [-0.25, -0.2) is 0 Å². The van der Waals surface area contributed by atoms with Crippen LogP contribution >= 0.6 is 27.3 Å². The van der Waals surface area contributed by atoms with Crippen LogP contribution in [-0.4, -0.2) is 37.2 Å². The van der Waals surface area contributed by atoms with E-state index in [1.54, 1.807) is 11.3 Å². The minimum atomic E-state index is 0.0781. The zero-order chi connectivity index (χ0) is 13.2. The zero-order valence-electron chi connectivity index (χ0n) is 11.0. The molecule has 0 aromatic carbocycles. The number of ether oxygens (including phenoxy) is 1. The van der Waals surface area contributed by atoms with E-state index in [9.17, 15) is 0 Å². The first-order valence-corrected chi connectivity index (χ1v) is 7.98. The molecule has 2 atom stereocenters. The maximum Gasteiger partial charge on any atom is 0.0509 e. The van der Waals surface area contributed by atoms with E-state index in [0.29, 0.717) is 12.5 Å². The normalized spacial score (nSPS) is 28.8. The summed E-state index contributed by atoms with van der Waals surface area (Å²) in [6.45, 7) is 5.53. The molecule has 5 heteroatoms. The Kier molecular flexibility index (Phi) is 4.83. The van der Waals surface area contributed by atoms with E-state index in [1.165, 1.54) is 4.88 Å². The molecule has 102 valence electrons. The van der Waals surface area contributed by atoms with Crippen molar-refractivity contribution in [3.63, 3.8) is 0 Å². The molecule has 1 aliphatic rings. The molecule has 0 bridgehead atoms. The Labute approximate surface area is 121 Å². The lowest BCUT2D eigenvalue weighted by Crippen LogP contribution is -2.59. The summed E-state index contributed by atoms with van der Waals surface area (Å²) in [6.07, 6.45) is 1.02. The molecule has 18 heavy (non-hydrogen) atoms. The highest BCUT2D eigenvalue weighted by Crippen LogP contribution is 2.33. The van der Waals surface area contributed by atoms with Gasteiger partial charge in [0, 0.05) is 40.0 Å². The molecule has 1 saturated heterocycles. The highest BCUT2D eigenvalue weighted by atomic mass is 79.9. The Morgan fingerprint density at radius 2 is 2.44 bits per heavy atom. The smallest absolute Gasteiger partial charge is 0.0509 e. The molecule has 1 fully saturated rings. The summed E-state index contributed by atoms with van der Waals surface area (Å²) >= 11 is 5.30. The van der Waals surface area contributed by atoms with Crippen LogP contribution in [0, 0.1) is 5.92 Å². The fraction of sp³-hybridized carbons (Fsp3) is 0.692. The summed E-state index contributed by atoms with van der Waals surface area (Å²) < 4.78 is 6.72. The lowest BCUT2D eigenvalue weighted by molar-refractivity contribution is -0.0590. The van der Waals surface area contributed by atoms with Crippen molar-refractivity contribution >= 4 is 27.3 Å². The second kappa shape index (κ2) is 6.01. The second-order valence-electron chi connectivity index (χ2n) is 5.12. The van der Waals surface area contributed by atoms with Crippen LogP contribution in [0.25, 0.3) is 0 Å². The number of nitrogens with two attached hydrogens (primary N) is 1. The van der Waals surface area contributed by atoms with Crippen molar-refractivity contribution in [3.8, 4) is 0 Å². The van der Waals surface area contributed by atoms with E-state index in [4.69, 9.17) is 10.5 Å². The maximum atomic E-state index is 6.09. The molecule has 1 aromatic heterocycles. The zero-order valence-corrected chi connectivity index (χ0v) is 13.4. The van der Waals surface area contributed by atoms with Crippen molar-refractivity contribution in [1.29, 1.82) is 0 Å². The standard InChI is InChI=1S/C13H21BrN2OS/c1-10-7-17-4-3-13(10,9-15)16(2)6-12-5-11(14)8-18-12/h5,8,10H,3-4,6-7,9,15H2,1-2H3. The van der Waals surface area contributed by atoms with E-state index in [2.05, 4.69) is 46.2 Å². The Balaban J connectivity index is 2.11. The van der Waals surface area contributed by atoms with Gasteiger partial charge in [-0.15, -0.1) is 11.3 Å². The fourth-order valence-corrected chi connectivity index (χ4v) is 4.27. The molecule has 2 heterocycles. The van der Waals surface area contributed by atoms with E-state index >= 15 is 0 Å². The average molecular weight is 333 g/mol. The van der Waals surface area contributed by atoms with Crippen LogP contribution < -0.4 is 5.73 Å². The third-order valence-corrected chi connectivity index (χ3v) is 5.78. The summed E-state index contributed by atoms with van der Waals surface area (Å²) in [4.78, 5) is 3.79. The van der Waals surface area contributed by atoms with E-state index in [1.807, 2.05) is 0 Å². The van der Waals surface area contributed by atoms with Crippen molar-refractivity contribution in [1.82, 2.24) is 4.90 Å². The van der Waals surface area contributed by atoms with E-state index < -0.39 is 0 Å². The first kappa shape index (κ1) is 14.5. The number of hydrogen-bond acceptors (Lipinski definition) is 4. The van der Waals surface area contributed by atoms with Crippen molar-refractivity contribution in [2.24, 2.45) is 11.7 Å². The van der Waals surface area contributed by atoms with Gasteiger partial charge in [0.25, 0.3) is 0 Å². The van der Waals surface area contributed by atoms with Gasteiger partial charge in [-0.1, -0.05) is 6.92 Å². The highest BCUT2D eigenvalue weighted by molar-refractivity contribution is 9.10. The van der Waals surface area contributed by atoms with Crippen molar-refractivity contribution < 1.29 is 4.74 Å². The lowest BCUT2D eigenvalue weighted by atomic mass is 9.79. The Bertz CT molecular complexity index is 398. The molecule has 0 spiro atoms. The number of hydrogen-bond donors (Lipinski definition) is 1. The molecule has 2 unspecified atom stereocenters.